The number of benzene rings is 2. The van der Waals surface area contributed by atoms with Crippen LogP contribution >= 0.6 is 0 Å². The van der Waals surface area contributed by atoms with Gasteiger partial charge in [-0.05, 0) is 18.2 Å². The minimum absolute atomic E-state index is 0.392. The molecule has 0 amide bonds. The van der Waals surface area contributed by atoms with Crippen LogP contribution in [0.25, 0.3) is 23.0 Å². The monoisotopic (exact) mass is 393 g/mol. The van der Waals surface area contributed by atoms with E-state index < -0.39 is 0 Å². The molecule has 0 unspecified atom stereocenters. The Balaban J connectivity index is 1.64. The third-order valence-electron chi connectivity index (χ3n) is 4.60. The van der Waals surface area contributed by atoms with Gasteiger partial charge in [-0.3, -0.25) is 4.98 Å². The minimum Gasteiger partial charge on any atom is -0.488 e. The minimum atomic E-state index is 0.392. The number of hydrogen-bond donors (Lipinski definition) is 0. The summed E-state index contributed by atoms with van der Waals surface area (Å²) >= 11 is 0. The van der Waals surface area contributed by atoms with E-state index in [2.05, 4.69) is 21.3 Å². The number of ether oxygens (including phenoxy) is 1. The maximum Gasteiger partial charge on any atom is 0.174 e. The second-order valence-corrected chi connectivity index (χ2v) is 6.63. The number of rotatable bonds is 6. The lowest BCUT2D eigenvalue weighted by Gasteiger charge is -2.09. The van der Waals surface area contributed by atoms with Crippen LogP contribution in [0.5, 0.6) is 5.75 Å². The molecule has 0 saturated heterocycles. The molecule has 0 spiro atoms. The first kappa shape index (κ1) is 19.1. The highest BCUT2D eigenvalue weighted by atomic mass is 16.5. The van der Waals surface area contributed by atoms with Crippen LogP contribution in [0.4, 0.5) is 0 Å². The Morgan fingerprint density at radius 2 is 1.83 bits per heavy atom. The summed E-state index contributed by atoms with van der Waals surface area (Å²) in [6.45, 7) is 0.392. The van der Waals surface area contributed by atoms with Gasteiger partial charge in [-0.15, -0.1) is 10.2 Å². The lowest BCUT2D eigenvalue weighted by Crippen LogP contribution is -2.00. The zero-order valence-corrected chi connectivity index (χ0v) is 16.4. The van der Waals surface area contributed by atoms with Gasteiger partial charge in [0.15, 0.2) is 11.6 Å². The van der Waals surface area contributed by atoms with Crippen molar-refractivity contribution < 1.29 is 4.74 Å². The smallest absolute Gasteiger partial charge is 0.174 e. The molecule has 0 aliphatic heterocycles. The Bertz CT molecular complexity index is 1210. The number of hydrogen-bond acceptors (Lipinski definition) is 5. The molecule has 0 atom stereocenters. The van der Waals surface area contributed by atoms with E-state index in [9.17, 15) is 5.26 Å². The predicted molar refractivity (Wildman–Crippen MR) is 115 cm³/mol. The topological polar surface area (TPSA) is 76.6 Å². The second-order valence-electron chi connectivity index (χ2n) is 6.63. The van der Waals surface area contributed by atoms with Crippen LogP contribution in [-0.4, -0.2) is 19.7 Å². The number of pyridine rings is 1. The lowest BCUT2D eigenvalue weighted by atomic mass is 10.1. The van der Waals surface area contributed by atoms with Gasteiger partial charge in [-0.2, -0.15) is 5.26 Å². The van der Waals surface area contributed by atoms with Crippen molar-refractivity contribution in [3.63, 3.8) is 0 Å². The second kappa shape index (κ2) is 8.84. The summed E-state index contributed by atoms with van der Waals surface area (Å²) in [5.41, 5.74) is 3.11. The average Bonchev–Trinajstić information content (AvgIpc) is 3.19. The van der Waals surface area contributed by atoms with Gasteiger partial charge in [0, 0.05) is 36.1 Å². The Morgan fingerprint density at radius 3 is 2.60 bits per heavy atom. The molecule has 30 heavy (non-hydrogen) atoms. The van der Waals surface area contributed by atoms with E-state index in [1.54, 1.807) is 18.5 Å². The average molecular weight is 393 g/mol. The van der Waals surface area contributed by atoms with Gasteiger partial charge >= 0.3 is 0 Å². The third kappa shape index (κ3) is 4.10. The Hall–Kier alpha value is -4.24. The van der Waals surface area contributed by atoms with Crippen molar-refractivity contribution in [1.82, 2.24) is 19.7 Å². The van der Waals surface area contributed by atoms with E-state index in [0.29, 0.717) is 29.6 Å². The number of nitrogens with zero attached hydrogens (tertiary/aromatic N) is 5. The van der Waals surface area contributed by atoms with E-state index in [4.69, 9.17) is 4.74 Å². The zero-order chi connectivity index (χ0) is 20.8. The predicted octanol–water partition coefficient (Wildman–Crippen LogP) is 4.52. The highest BCUT2D eigenvalue weighted by molar-refractivity contribution is 5.88. The van der Waals surface area contributed by atoms with Gasteiger partial charge in [0.2, 0.25) is 0 Å². The van der Waals surface area contributed by atoms with E-state index in [1.165, 1.54) is 0 Å². The quantitative estimate of drug-likeness (QED) is 0.450. The van der Waals surface area contributed by atoms with Crippen molar-refractivity contribution in [2.45, 2.75) is 6.61 Å². The van der Waals surface area contributed by atoms with Crippen LogP contribution in [0, 0.1) is 11.3 Å². The van der Waals surface area contributed by atoms with E-state index in [-0.39, 0.29) is 0 Å². The van der Waals surface area contributed by atoms with E-state index in [1.807, 2.05) is 78.3 Å². The number of aromatic nitrogens is 4. The summed E-state index contributed by atoms with van der Waals surface area (Å²) in [5.74, 6) is 1.88. The highest BCUT2D eigenvalue weighted by Crippen LogP contribution is 2.26. The largest absolute Gasteiger partial charge is 0.488 e. The maximum atomic E-state index is 9.80. The van der Waals surface area contributed by atoms with Crippen LogP contribution in [0.1, 0.15) is 17.0 Å². The van der Waals surface area contributed by atoms with Crippen LogP contribution in [0.3, 0.4) is 0 Å². The lowest BCUT2D eigenvalue weighted by molar-refractivity contribution is 0.305. The van der Waals surface area contributed by atoms with Gasteiger partial charge in [0.1, 0.15) is 18.4 Å². The molecule has 4 rings (SSSR count). The third-order valence-corrected chi connectivity index (χ3v) is 4.60. The molecule has 6 heteroatoms. The molecule has 0 aliphatic carbocycles. The first-order valence-corrected chi connectivity index (χ1v) is 9.44. The standard InChI is InChI=1S/C24H19N5O/c1-29-23(19-9-3-2-4-10-19)27-28-24(29)21(15-25)14-20-11-5-6-12-22(20)30-17-18-8-7-13-26-16-18/h2-14,16H,17H2,1H3. The summed E-state index contributed by atoms with van der Waals surface area (Å²) in [4.78, 5) is 4.10. The molecular weight excluding hydrogens is 374 g/mol. The van der Waals surface area contributed by atoms with Crippen molar-refractivity contribution in [2.24, 2.45) is 7.05 Å². The molecule has 2 aromatic heterocycles. The summed E-state index contributed by atoms with van der Waals surface area (Å²) in [7, 11) is 1.85. The Labute approximate surface area is 174 Å². The molecule has 6 nitrogen and oxygen atoms in total. The summed E-state index contributed by atoms with van der Waals surface area (Å²) in [5, 5.41) is 18.3. The van der Waals surface area contributed by atoms with Gasteiger partial charge in [0.05, 0.1) is 5.57 Å². The van der Waals surface area contributed by atoms with Gasteiger partial charge in [-0.1, -0.05) is 54.6 Å². The van der Waals surface area contributed by atoms with Crippen molar-refractivity contribution >= 4 is 11.6 Å². The molecule has 2 heterocycles. The van der Waals surface area contributed by atoms with Crippen molar-refractivity contribution in [2.75, 3.05) is 0 Å². The number of para-hydroxylation sites is 1. The van der Waals surface area contributed by atoms with Gasteiger partial charge in [-0.25, -0.2) is 0 Å². The van der Waals surface area contributed by atoms with E-state index in [0.717, 1.165) is 16.7 Å². The molecule has 0 N–H and O–H groups in total. The fourth-order valence-electron chi connectivity index (χ4n) is 3.08. The molecule has 0 bridgehead atoms. The molecule has 4 aromatic rings. The normalized spacial score (nSPS) is 11.1. The molecule has 0 saturated carbocycles. The van der Waals surface area contributed by atoms with Crippen LogP contribution in [0.15, 0.2) is 79.1 Å². The zero-order valence-electron chi connectivity index (χ0n) is 16.4. The Kier molecular flexibility index (Phi) is 5.63. The molecule has 0 radical (unpaired) electrons. The first-order valence-electron chi connectivity index (χ1n) is 9.44. The van der Waals surface area contributed by atoms with E-state index >= 15 is 0 Å². The van der Waals surface area contributed by atoms with Crippen molar-refractivity contribution in [3.8, 4) is 23.2 Å². The number of allylic oxidation sites excluding steroid dienone is 1. The maximum absolute atomic E-state index is 9.80. The fraction of sp³-hybridized carbons (Fsp3) is 0.0833. The molecular formula is C24H19N5O. The SMILES string of the molecule is Cn1c(C(C#N)=Cc2ccccc2OCc2cccnc2)nnc1-c1ccccc1. The highest BCUT2D eigenvalue weighted by Gasteiger charge is 2.15. The summed E-state index contributed by atoms with van der Waals surface area (Å²) < 4.78 is 7.80. The molecule has 146 valence electrons. The Morgan fingerprint density at radius 1 is 1.03 bits per heavy atom. The van der Waals surface area contributed by atoms with Crippen LogP contribution < -0.4 is 4.74 Å². The molecule has 0 aliphatic rings. The van der Waals surface area contributed by atoms with Crippen molar-refractivity contribution in [3.05, 3.63) is 96.1 Å². The van der Waals surface area contributed by atoms with Crippen LogP contribution in [0.2, 0.25) is 0 Å². The summed E-state index contributed by atoms with van der Waals surface area (Å²) in [6.07, 6.45) is 5.27. The fourth-order valence-corrected chi connectivity index (χ4v) is 3.08. The first-order chi connectivity index (χ1) is 14.8. The molecule has 2 aromatic carbocycles. The number of nitriles is 1. The molecule has 0 fully saturated rings. The van der Waals surface area contributed by atoms with Gasteiger partial charge in [0.25, 0.3) is 0 Å². The summed E-state index contributed by atoms with van der Waals surface area (Å²) in [6, 6.07) is 23.4. The van der Waals surface area contributed by atoms with Crippen LogP contribution in [-0.2, 0) is 13.7 Å². The van der Waals surface area contributed by atoms with Gasteiger partial charge < -0.3 is 9.30 Å². The van der Waals surface area contributed by atoms with Crippen molar-refractivity contribution in [1.29, 1.82) is 5.26 Å².